The zero-order chi connectivity index (χ0) is 15.2. The Morgan fingerprint density at radius 1 is 1.43 bits per heavy atom. The fourth-order valence-corrected chi connectivity index (χ4v) is 2.74. The molecule has 1 aliphatic rings. The molecule has 1 aromatic rings. The van der Waals surface area contributed by atoms with Crippen LogP contribution in [-0.2, 0) is 11.3 Å². The molecular formula is C15H20F2N2O2. The lowest BCUT2D eigenvalue weighted by atomic mass is 9.97. The Labute approximate surface area is 122 Å². The van der Waals surface area contributed by atoms with Crippen LogP contribution >= 0.6 is 0 Å². The SMILES string of the molecule is O=C(O)CNCC1CCCN(Cc2ccc(F)cc2F)C1. The first-order chi connectivity index (χ1) is 10.0. The third-order valence-electron chi connectivity index (χ3n) is 3.72. The van der Waals surface area contributed by atoms with Gasteiger partial charge in [0.15, 0.2) is 0 Å². The number of carbonyl (C=O) groups is 1. The third kappa shape index (κ3) is 5.06. The average molecular weight is 298 g/mol. The van der Waals surface area contributed by atoms with Crippen molar-refractivity contribution in [2.75, 3.05) is 26.2 Å². The van der Waals surface area contributed by atoms with E-state index in [2.05, 4.69) is 10.2 Å². The molecule has 0 spiro atoms. The molecule has 6 heteroatoms. The van der Waals surface area contributed by atoms with Crippen molar-refractivity contribution in [2.24, 2.45) is 5.92 Å². The largest absolute Gasteiger partial charge is 0.480 e. The number of aliphatic carboxylic acids is 1. The number of carboxylic acids is 1. The lowest BCUT2D eigenvalue weighted by molar-refractivity contribution is -0.136. The molecule has 1 aliphatic heterocycles. The molecule has 4 nitrogen and oxygen atoms in total. The number of carboxylic acid groups (broad SMARTS) is 1. The molecule has 0 saturated carbocycles. The summed E-state index contributed by atoms with van der Waals surface area (Å²) in [6.45, 7) is 2.75. The van der Waals surface area contributed by atoms with Gasteiger partial charge >= 0.3 is 5.97 Å². The minimum Gasteiger partial charge on any atom is -0.480 e. The van der Waals surface area contributed by atoms with Gasteiger partial charge in [0.05, 0.1) is 6.54 Å². The number of hydrogen-bond donors (Lipinski definition) is 2. The maximum Gasteiger partial charge on any atom is 0.317 e. The number of nitrogens with zero attached hydrogens (tertiary/aromatic N) is 1. The normalized spacial score (nSPS) is 19.6. The van der Waals surface area contributed by atoms with E-state index in [1.165, 1.54) is 12.1 Å². The summed E-state index contributed by atoms with van der Waals surface area (Å²) in [6, 6.07) is 3.66. The van der Waals surface area contributed by atoms with Crippen molar-refractivity contribution in [2.45, 2.75) is 19.4 Å². The number of nitrogens with one attached hydrogen (secondary N) is 1. The van der Waals surface area contributed by atoms with Gasteiger partial charge in [-0.25, -0.2) is 8.78 Å². The first-order valence-electron chi connectivity index (χ1n) is 7.13. The number of hydrogen-bond acceptors (Lipinski definition) is 3. The van der Waals surface area contributed by atoms with Crippen LogP contribution in [0, 0.1) is 17.6 Å². The van der Waals surface area contributed by atoms with E-state index >= 15 is 0 Å². The number of benzene rings is 1. The standard InChI is InChI=1S/C15H20F2N2O2/c16-13-4-3-12(14(17)6-13)10-19-5-1-2-11(9-19)7-18-8-15(20)21/h3-4,6,11,18H,1-2,5,7-10H2,(H,20,21). The first kappa shape index (κ1) is 15.9. The van der Waals surface area contributed by atoms with E-state index in [-0.39, 0.29) is 6.54 Å². The fraction of sp³-hybridized carbons (Fsp3) is 0.533. The van der Waals surface area contributed by atoms with Crippen LogP contribution in [0.15, 0.2) is 18.2 Å². The van der Waals surface area contributed by atoms with Crippen molar-refractivity contribution in [1.29, 1.82) is 0 Å². The molecule has 2 rings (SSSR count). The maximum atomic E-state index is 13.6. The van der Waals surface area contributed by atoms with Crippen LogP contribution in [0.1, 0.15) is 18.4 Å². The molecule has 1 unspecified atom stereocenters. The van der Waals surface area contributed by atoms with E-state index in [1.54, 1.807) is 0 Å². The Morgan fingerprint density at radius 2 is 2.24 bits per heavy atom. The van der Waals surface area contributed by atoms with Crippen LogP contribution in [0.5, 0.6) is 0 Å². The molecule has 1 fully saturated rings. The number of likely N-dealkylation sites (tertiary alicyclic amines) is 1. The van der Waals surface area contributed by atoms with Gasteiger partial charge in [-0.1, -0.05) is 6.07 Å². The molecule has 1 atom stereocenters. The Balaban J connectivity index is 1.84. The minimum atomic E-state index is -0.865. The summed E-state index contributed by atoms with van der Waals surface area (Å²) in [5, 5.41) is 11.5. The lowest BCUT2D eigenvalue weighted by Crippen LogP contribution is -2.40. The van der Waals surface area contributed by atoms with Gasteiger partial charge in [-0.05, 0) is 37.9 Å². The molecule has 0 amide bonds. The molecular weight excluding hydrogens is 278 g/mol. The quantitative estimate of drug-likeness (QED) is 0.841. The second-order valence-electron chi connectivity index (χ2n) is 5.50. The fourth-order valence-electron chi connectivity index (χ4n) is 2.74. The molecule has 21 heavy (non-hydrogen) atoms. The number of halogens is 2. The molecule has 0 aliphatic carbocycles. The Hall–Kier alpha value is -1.53. The van der Waals surface area contributed by atoms with E-state index in [1.807, 2.05) is 0 Å². The van der Waals surface area contributed by atoms with Gasteiger partial charge in [-0.15, -0.1) is 0 Å². The van der Waals surface area contributed by atoms with Gasteiger partial charge in [-0.2, -0.15) is 0 Å². The molecule has 0 radical (unpaired) electrons. The van der Waals surface area contributed by atoms with E-state index in [4.69, 9.17) is 5.11 Å². The van der Waals surface area contributed by atoms with E-state index < -0.39 is 17.6 Å². The summed E-state index contributed by atoms with van der Waals surface area (Å²) in [5.74, 6) is -1.58. The maximum absolute atomic E-state index is 13.6. The molecule has 1 aromatic carbocycles. The molecule has 0 aromatic heterocycles. The summed E-state index contributed by atoms with van der Waals surface area (Å²) < 4.78 is 26.5. The first-order valence-corrected chi connectivity index (χ1v) is 7.13. The van der Waals surface area contributed by atoms with Crippen molar-refractivity contribution in [1.82, 2.24) is 10.2 Å². The van der Waals surface area contributed by atoms with Crippen LogP contribution in [0.2, 0.25) is 0 Å². The van der Waals surface area contributed by atoms with Crippen molar-refractivity contribution < 1.29 is 18.7 Å². The lowest BCUT2D eigenvalue weighted by Gasteiger charge is -2.32. The summed E-state index contributed by atoms with van der Waals surface area (Å²) in [4.78, 5) is 12.6. The highest BCUT2D eigenvalue weighted by atomic mass is 19.1. The molecule has 116 valence electrons. The van der Waals surface area contributed by atoms with E-state index in [9.17, 15) is 13.6 Å². The zero-order valence-corrected chi connectivity index (χ0v) is 11.8. The van der Waals surface area contributed by atoms with Crippen molar-refractivity contribution in [3.63, 3.8) is 0 Å². The van der Waals surface area contributed by atoms with Gasteiger partial charge < -0.3 is 10.4 Å². The summed E-state index contributed by atoms with van der Waals surface area (Å²) in [6.07, 6.45) is 2.04. The summed E-state index contributed by atoms with van der Waals surface area (Å²) in [5.41, 5.74) is 0.496. The highest BCUT2D eigenvalue weighted by Crippen LogP contribution is 2.19. The van der Waals surface area contributed by atoms with Gasteiger partial charge in [0, 0.05) is 24.7 Å². The van der Waals surface area contributed by atoms with Crippen LogP contribution in [0.25, 0.3) is 0 Å². The van der Waals surface area contributed by atoms with Crippen LogP contribution in [0.4, 0.5) is 8.78 Å². The zero-order valence-electron chi connectivity index (χ0n) is 11.8. The predicted molar refractivity (Wildman–Crippen MR) is 74.9 cm³/mol. The highest BCUT2D eigenvalue weighted by molar-refractivity contribution is 5.68. The summed E-state index contributed by atoms with van der Waals surface area (Å²) >= 11 is 0. The minimum absolute atomic E-state index is 0.0386. The van der Waals surface area contributed by atoms with E-state index in [0.29, 0.717) is 24.6 Å². The predicted octanol–water partition coefficient (Wildman–Crippen LogP) is 1.85. The van der Waals surface area contributed by atoms with Gasteiger partial charge in [0.25, 0.3) is 0 Å². The number of piperidine rings is 1. The molecule has 1 saturated heterocycles. The molecule has 0 bridgehead atoms. The Kier molecular flexibility index (Phi) is 5.64. The second-order valence-corrected chi connectivity index (χ2v) is 5.50. The monoisotopic (exact) mass is 298 g/mol. The van der Waals surface area contributed by atoms with Crippen molar-refractivity contribution in [3.8, 4) is 0 Å². The Morgan fingerprint density at radius 3 is 2.95 bits per heavy atom. The highest BCUT2D eigenvalue weighted by Gasteiger charge is 2.20. The summed E-state index contributed by atoms with van der Waals surface area (Å²) in [7, 11) is 0. The third-order valence-corrected chi connectivity index (χ3v) is 3.72. The smallest absolute Gasteiger partial charge is 0.317 e. The second kappa shape index (κ2) is 7.47. The van der Waals surface area contributed by atoms with Crippen molar-refractivity contribution >= 4 is 5.97 Å². The van der Waals surface area contributed by atoms with E-state index in [0.717, 1.165) is 32.0 Å². The van der Waals surface area contributed by atoms with Crippen LogP contribution in [0.3, 0.4) is 0 Å². The van der Waals surface area contributed by atoms with Crippen LogP contribution < -0.4 is 5.32 Å². The number of rotatable bonds is 6. The Bertz CT molecular complexity index is 497. The van der Waals surface area contributed by atoms with Gasteiger partial charge in [0.1, 0.15) is 11.6 Å². The van der Waals surface area contributed by atoms with Crippen LogP contribution in [-0.4, -0.2) is 42.2 Å². The molecule has 1 heterocycles. The topological polar surface area (TPSA) is 52.6 Å². The van der Waals surface area contributed by atoms with Gasteiger partial charge in [0.2, 0.25) is 0 Å². The molecule has 2 N–H and O–H groups in total. The average Bonchev–Trinajstić information content (AvgIpc) is 2.42. The van der Waals surface area contributed by atoms with Crippen molar-refractivity contribution in [3.05, 3.63) is 35.4 Å². The van der Waals surface area contributed by atoms with Gasteiger partial charge in [-0.3, -0.25) is 9.69 Å².